The van der Waals surface area contributed by atoms with Crippen LogP contribution in [0.1, 0.15) is 32.0 Å². The van der Waals surface area contributed by atoms with Gasteiger partial charge in [-0.15, -0.1) is 0 Å². The highest BCUT2D eigenvalue weighted by molar-refractivity contribution is 6.06. The number of hydrogen-bond donors (Lipinski definition) is 2. The van der Waals surface area contributed by atoms with Gasteiger partial charge in [-0.05, 0) is 43.7 Å². The second-order valence-electron chi connectivity index (χ2n) is 6.19. The fourth-order valence-corrected chi connectivity index (χ4v) is 2.50. The molecule has 3 rings (SSSR count). The number of carbonyl (C=O) groups excluding carboxylic acids is 2. The molecule has 3 aromatic rings. The molecule has 0 aliphatic heterocycles. The quantitative estimate of drug-likeness (QED) is 0.757. The summed E-state index contributed by atoms with van der Waals surface area (Å²) in [7, 11) is 1.75. The first-order valence-electron chi connectivity index (χ1n) is 8.20. The first-order valence-corrected chi connectivity index (χ1v) is 8.20. The van der Waals surface area contributed by atoms with Crippen molar-refractivity contribution in [1.82, 2.24) is 9.55 Å². The highest BCUT2D eigenvalue weighted by Crippen LogP contribution is 2.21. The van der Waals surface area contributed by atoms with Crippen LogP contribution in [0.15, 0.2) is 55.0 Å². The number of anilines is 2. The molecule has 0 unspecified atom stereocenters. The van der Waals surface area contributed by atoms with Gasteiger partial charge in [0.25, 0.3) is 11.8 Å². The molecule has 26 heavy (non-hydrogen) atoms. The normalized spacial score (nSPS) is 10.4. The van der Waals surface area contributed by atoms with Gasteiger partial charge in [-0.1, -0.05) is 23.8 Å². The van der Waals surface area contributed by atoms with Crippen molar-refractivity contribution in [2.24, 2.45) is 7.05 Å². The van der Waals surface area contributed by atoms with Gasteiger partial charge in [-0.2, -0.15) is 0 Å². The lowest BCUT2D eigenvalue weighted by Crippen LogP contribution is -2.16. The van der Waals surface area contributed by atoms with Crippen LogP contribution in [0.2, 0.25) is 0 Å². The van der Waals surface area contributed by atoms with Gasteiger partial charge in [0, 0.05) is 24.0 Å². The third kappa shape index (κ3) is 3.80. The molecule has 0 bridgehead atoms. The van der Waals surface area contributed by atoms with Crippen molar-refractivity contribution in [3.8, 4) is 0 Å². The maximum Gasteiger partial charge on any atom is 0.273 e. The van der Waals surface area contributed by atoms with Gasteiger partial charge in [-0.25, -0.2) is 4.98 Å². The Morgan fingerprint density at radius 1 is 0.962 bits per heavy atom. The van der Waals surface area contributed by atoms with Crippen LogP contribution in [-0.4, -0.2) is 21.4 Å². The summed E-state index contributed by atoms with van der Waals surface area (Å²) in [5.74, 6) is -0.451. The molecule has 132 valence electrons. The molecule has 0 spiro atoms. The molecule has 6 nitrogen and oxygen atoms in total. The average Bonchev–Trinajstić information content (AvgIpc) is 3.04. The van der Waals surface area contributed by atoms with Crippen molar-refractivity contribution in [2.75, 3.05) is 10.6 Å². The molecule has 0 saturated heterocycles. The van der Waals surface area contributed by atoms with E-state index >= 15 is 0 Å². The van der Waals surface area contributed by atoms with Crippen molar-refractivity contribution in [2.45, 2.75) is 13.8 Å². The Morgan fingerprint density at radius 2 is 1.69 bits per heavy atom. The van der Waals surface area contributed by atoms with Crippen LogP contribution < -0.4 is 10.6 Å². The topological polar surface area (TPSA) is 76.0 Å². The van der Waals surface area contributed by atoms with E-state index in [1.54, 1.807) is 42.2 Å². The van der Waals surface area contributed by atoms with Crippen molar-refractivity contribution < 1.29 is 9.59 Å². The highest BCUT2D eigenvalue weighted by atomic mass is 16.2. The van der Waals surface area contributed by atoms with Gasteiger partial charge < -0.3 is 15.2 Å². The van der Waals surface area contributed by atoms with E-state index < -0.39 is 0 Å². The van der Waals surface area contributed by atoms with Gasteiger partial charge in [0.1, 0.15) is 5.69 Å². The Morgan fingerprint density at radius 3 is 2.35 bits per heavy atom. The molecule has 1 aromatic heterocycles. The molecule has 2 aromatic carbocycles. The van der Waals surface area contributed by atoms with Crippen molar-refractivity contribution in [3.05, 3.63) is 77.4 Å². The van der Waals surface area contributed by atoms with Crippen LogP contribution in [-0.2, 0) is 7.05 Å². The van der Waals surface area contributed by atoms with E-state index in [1.807, 2.05) is 32.0 Å². The molecule has 0 radical (unpaired) electrons. The molecule has 0 fully saturated rings. The van der Waals surface area contributed by atoms with Crippen LogP contribution in [0.3, 0.4) is 0 Å². The Hall–Kier alpha value is -3.41. The number of aromatic nitrogens is 2. The minimum atomic E-state index is -0.260. The van der Waals surface area contributed by atoms with Crippen LogP contribution in [0.5, 0.6) is 0 Å². The molecule has 2 amide bonds. The third-order valence-corrected chi connectivity index (χ3v) is 4.11. The lowest BCUT2D eigenvalue weighted by molar-refractivity contribution is 0.101. The molecular formula is C20H20N4O2. The van der Waals surface area contributed by atoms with E-state index in [-0.39, 0.29) is 11.8 Å². The fourth-order valence-electron chi connectivity index (χ4n) is 2.50. The summed E-state index contributed by atoms with van der Waals surface area (Å²) in [6.45, 7) is 3.87. The minimum absolute atomic E-state index is 0.191. The van der Waals surface area contributed by atoms with Crippen LogP contribution in [0.4, 0.5) is 11.4 Å². The highest BCUT2D eigenvalue weighted by Gasteiger charge is 2.12. The number of aryl methyl sites for hydroxylation is 3. The predicted molar refractivity (Wildman–Crippen MR) is 101 cm³/mol. The predicted octanol–water partition coefficient (Wildman–Crippen LogP) is 3.54. The molecule has 0 atom stereocenters. The van der Waals surface area contributed by atoms with E-state index in [1.165, 1.54) is 6.20 Å². The summed E-state index contributed by atoms with van der Waals surface area (Å²) in [6, 6.07) is 12.8. The van der Waals surface area contributed by atoms with Crippen molar-refractivity contribution >= 4 is 23.2 Å². The molecular weight excluding hydrogens is 328 g/mol. The van der Waals surface area contributed by atoms with Crippen molar-refractivity contribution in [3.63, 3.8) is 0 Å². The largest absolute Gasteiger partial charge is 0.330 e. The smallest absolute Gasteiger partial charge is 0.273 e. The van der Waals surface area contributed by atoms with E-state index in [0.29, 0.717) is 22.6 Å². The maximum absolute atomic E-state index is 12.4. The summed E-state index contributed by atoms with van der Waals surface area (Å²) in [5, 5.41) is 5.72. The first-order chi connectivity index (χ1) is 12.4. The standard InChI is InChI=1S/C20H20N4O2/c1-13-4-7-15(8-5-13)19(25)23-17-10-16(9-6-14(17)2)22-20(26)18-11-21-12-24(18)3/h4-12H,1-3H3,(H,22,26)(H,23,25). The number of hydrogen-bond acceptors (Lipinski definition) is 3. The fraction of sp³-hybridized carbons (Fsp3) is 0.150. The monoisotopic (exact) mass is 348 g/mol. The molecule has 0 saturated carbocycles. The Balaban J connectivity index is 1.77. The maximum atomic E-state index is 12.4. The van der Waals surface area contributed by atoms with Gasteiger partial charge in [-0.3, -0.25) is 9.59 Å². The zero-order valence-electron chi connectivity index (χ0n) is 14.9. The summed E-state index contributed by atoms with van der Waals surface area (Å²) >= 11 is 0. The zero-order valence-corrected chi connectivity index (χ0v) is 14.9. The van der Waals surface area contributed by atoms with Gasteiger partial charge in [0.15, 0.2) is 0 Å². The van der Waals surface area contributed by atoms with E-state index in [9.17, 15) is 9.59 Å². The van der Waals surface area contributed by atoms with Crippen LogP contribution in [0, 0.1) is 13.8 Å². The second kappa shape index (κ2) is 7.23. The number of imidazole rings is 1. The summed E-state index contributed by atoms with van der Waals surface area (Å²) < 4.78 is 1.64. The average molecular weight is 348 g/mol. The molecule has 0 aliphatic carbocycles. The molecule has 1 heterocycles. The van der Waals surface area contributed by atoms with Gasteiger partial charge in [0.2, 0.25) is 0 Å². The number of carbonyl (C=O) groups is 2. The Labute approximate surface area is 151 Å². The lowest BCUT2D eigenvalue weighted by Gasteiger charge is -2.12. The minimum Gasteiger partial charge on any atom is -0.330 e. The van der Waals surface area contributed by atoms with E-state index in [0.717, 1.165) is 11.1 Å². The van der Waals surface area contributed by atoms with E-state index in [2.05, 4.69) is 15.6 Å². The summed E-state index contributed by atoms with van der Waals surface area (Å²) in [5.41, 5.74) is 4.29. The summed E-state index contributed by atoms with van der Waals surface area (Å²) in [6.07, 6.45) is 3.07. The van der Waals surface area contributed by atoms with Gasteiger partial charge in [0.05, 0.1) is 12.5 Å². The number of benzene rings is 2. The number of rotatable bonds is 4. The zero-order chi connectivity index (χ0) is 18.7. The van der Waals surface area contributed by atoms with Crippen molar-refractivity contribution in [1.29, 1.82) is 0 Å². The third-order valence-electron chi connectivity index (χ3n) is 4.11. The Bertz CT molecular complexity index is 958. The number of nitrogens with one attached hydrogen (secondary N) is 2. The van der Waals surface area contributed by atoms with Gasteiger partial charge >= 0.3 is 0 Å². The number of nitrogens with zero attached hydrogens (tertiary/aromatic N) is 2. The Kier molecular flexibility index (Phi) is 4.84. The second-order valence-corrected chi connectivity index (χ2v) is 6.19. The van der Waals surface area contributed by atoms with E-state index in [4.69, 9.17) is 0 Å². The molecule has 0 aliphatic rings. The molecule has 2 N–H and O–H groups in total. The molecule has 6 heteroatoms. The SMILES string of the molecule is Cc1ccc(C(=O)Nc2cc(NC(=O)c3cncn3C)ccc2C)cc1. The lowest BCUT2D eigenvalue weighted by atomic mass is 10.1. The van der Waals surface area contributed by atoms with Crippen LogP contribution in [0.25, 0.3) is 0 Å². The number of amides is 2. The van der Waals surface area contributed by atoms with Crippen LogP contribution >= 0.6 is 0 Å². The first kappa shape index (κ1) is 17.4. The summed E-state index contributed by atoms with van der Waals surface area (Å²) in [4.78, 5) is 28.7.